The fraction of sp³-hybridized carbons (Fsp3) is 0.889. The summed E-state index contributed by atoms with van der Waals surface area (Å²) in [7, 11) is 0. The number of carbonyl (C=O) groups excluding carboxylic acids is 1. The third-order valence-corrected chi connectivity index (χ3v) is 5.27. The summed E-state index contributed by atoms with van der Waals surface area (Å²) in [4.78, 5) is 23.6. The second kappa shape index (κ2) is 7.47. The maximum atomic E-state index is 12.6. The van der Waals surface area contributed by atoms with Gasteiger partial charge in [-0.15, -0.1) is 0 Å². The van der Waals surface area contributed by atoms with Crippen LogP contribution >= 0.6 is 0 Å². The molecule has 0 saturated heterocycles. The highest BCUT2D eigenvalue weighted by molar-refractivity contribution is 5.74. The predicted molar refractivity (Wildman–Crippen MR) is 84.4 cm³/mol. The minimum absolute atomic E-state index is 0.0774. The number of esters is 1. The molecule has 2 rings (SSSR count). The summed E-state index contributed by atoms with van der Waals surface area (Å²) in [6.45, 7) is 4.37. The third kappa shape index (κ3) is 4.47. The summed E-state index contributed by atoms with van der Waals surface area (Å²) in [5.41, 5.74) is -0.257. The zero-order chi connectivity index (χ0) is 16.2. The molecule has 0 aliphatic heterocycles. The fourth-order valence-corrected chi connectivity index (χ4v) is 4.16. The van der Waals surface area contributed by atoms with Crippen LogP contribution in [0.1, 0.15) is 78.1 Å². The standard InChI is InChI=1S/C18H30O4/c1-13(2)12-18(10-4-3-5-11-18)22-17(21)15-8-6-14(7-9-15)16(19)20/h13-15H,3-12H2,1-2H3,(H,19,20). The van der Waals surface area contributed by atoms with Crippen LogP contribution in [-0.2, 0) is 14.3 Å². The Morgan fingerprint density at radius 1 is 1.05 bits per heavy atom. The van der Waals surface area contributed by atoms with Crippen molar-refractivity contribution in [2.75, 3.05) is 0 Å². The van der Waals surface area contributed by atoms with Crippen LogP contribution in [0.25, 0.3) is 0 Å². The summed E-state index contributed by atoms with van der Waals surface area (Å²) in [5, 5.41) is 9.05. The molecule has 0 radical (unpaired) electrons. The molecule has 2 aliphatic rings. The van der Waals surface area contributed by atoms with Gasteiger partial charge < -0.3 is 9.84 Å². The number of carboxylic acid groups (broad SMARTS) is 1. The van der Waals surface area contributed by atoms with Gasteiger partial charge in [-0.3, -0.25) is 9.59 Å². The highest BCUT2D eigenvalue weighted by atomic mass is 16.6. The molecule has 4 nitrogen and oxygen atoms in total. The lowest BCUT2D eigenvalue weighted by Crippen LogP contribution is -2.41. The first-order valence-corrected chi connectivity index (χ1v) is 8.87. The van der Waals surface area contributed by atoms with E-state index in [1.807, 2.05) is 0 Å². The third-order valence-electron chi connectivity index (χ3n) is 5.27. The molecule has 0 spiro atoms. The molecule has 0 unspecified atom stereocenters. The largest absolute Gasteiger partial charge is 0.481 e. The molecule has 0 aromatic heterocycles. The number of hydrogen-bond acceptors (Lipinski definition) is 3. The van der Waals surface area contributed by atoms with Crippen molar-refractivity contribution in [2.45, 2.75) is 83.7 Å². The highest BCUT2D eigenvalue weighted by Gasteiger charge is 2.39. The lowest BCUT2D eigenvalue weighted by Gasteiger charge is -2.39. The molecule has 4 heteroatoms. The van der Waals surface area contributed by atoms with Gasteiger partial charge in [-0.05, 0) is 63.7 Å². The first kappa shape index (κ1) is 17.3. The summed E-state index contributed by atoms with van der Waals surface area (Å²) >= 11 is 0. The van der Waals surface area contributed by atoms with Crippen molar-refractivity contribution in [3.05, 3.63) is 0 Å². The Morgan fingerprint density at radius 2 is 1.59 bits per heavy atom. The average molecular weight is 310 g/mol. The van der Waals surface area contributed by atoms with E-state index in [1.165, 1.54) is 6.42 Å². The SMILES string of the molecule is CC(C)CC1(OC(=O)C2CCC(C(=O)O)CC2)CCCCC1. The summed E-state index contributed by atoms with van der Waals surface area (Å²) in [6.07, 6.45) is 8.98. The molecular formula is C18H30O4. The Kier molecular flexibility index (Phi) is 5.87. The minimum Gasteiger partial charge on any atom is -0.481 e. The first-order chi connectivity index (χ1) is 10.4. The Morgan fingerprint density at radius 3 is 2.09 bits per heavy atom. The molecule has 0 aromatic carbocycles. The number of ether oxygens (including phenoxy) is 1. The van der Waals surface area contributed by atoms with Crippen molar-refractivity contribution in [3.63, 3.8) is 0 Å². The van der Waals surface area contributed by atoms with Crippen LogP contribution in [-0.4, -0.2) is 22.6 Å². The molecule has 2 saturated carbocycles. The Bertz CT molecular complexity index is 388. The predicted octanol–water partition coefficient (Wildman–Crippen LogP) is 4.17. The van der Waals surface area contributed by atoms with Crippen molar-refractivity contribution >= 4 is 11.9 Å². The van der Waals surface area contributed by atoms with Crippen LogP contribution in [0.4, 0.5) is 0 Å². The average Bonchev–Trinajstić information content (AvgIpc) is 2.47. The van der Waals surface area contributed by atoms with Gasteiger partial charge in [0, 0.05) is 0 Å². The van der Waals surface area contributed by atoms with Crippen molar-refractivity contribution in [1.29, 1.82) is 0 Å². The van der Waals surface area contributed by atoms with Crippen molar-refractivity contribution in [3.8, 4) is 0 Å². The fourth-order valence-electron chi connectivity index (χ4n) is 4.16. The molecule has 0 bridgehead atoms. The van der Waals surface area contributed by atoms with Crippen LogP contribution in [0.15, 0.2) is 0 Å². The van der Waals surface area contributed by atoms with Gasteiger partial charge in [-0.2, -0.15) is 0 Å². The van der Waals surface area contributed by atoms with E-state index >= 15 is 0 Å². The normalized spacial score (nSPS) is 28.3. The summed E-state index contributed by atoms with van der Waals surface area (Å²) in [6, 6.07) is 0. The van der Waals surface area contributed by atoms with E-state index in [0.29, 0.717) is 31.6 Å². The van der Waals surface area contributed by atoms with Crippen LogP contribution in [0.2, 0.25) is 0 Å². The summed E-state index contributed by atoms with van der Waals surface area (Å²) in [5.74, 6) is -0.652. The molecule has 0 amide bonds. The zero-order valence-corrected chi connectivity index (χ0v) is 14.0. The zero-order valence-electron chi connectivity index (χ0n) is 14.0. The molecular weight excluding hydrogens is 280 g/mol. The van der Waals surface area contributed by atoms with Crippen LogP contribution in [0, 0.1) is 17.8 Å². The van der Waals surface area contributed by atoms with E-state index in [9.17, 15) is 9.59 Å². The van der Waals surface area contributed by atoms with Crippen molar-refractivity contribution in [2.24, 2.45) is 17.8 Å². The molecule has 2 aliphatic carbocycles. The number of carboxylic acids is 1. The molecule has 0 heterocycles. The van der Waals surface area contributed by atoms with Crippen molar-refractivity contribution < 1.29 is 19.4 Å². The number of hydrogen-bond donors (Lipinski definition) is 1. The summed E-state index contributed by atoms with van der Waals surface area (Å²) < 4.78 is 6.04. The molecule has 0 atom stereocenters. The topological polar surface area (TPSA) is 63.6 Å². The van der Waals surface area contributed by atoms with Gasteiger partial charge in [-0.1, -0.05) is 20.3 Å². The molecule has 1 N–H and O–H groups in total. The Hall–Kier alpha value is -1.06. The Balaban J connectivity index is 1.92. The maximum absolute atomic E-state index is 12.6. The highest BCUT2D eigenvalue weighted by Crippen LogP contribution is 2.39. The van der Waals surface area contributed by atoms with E-state index in [2.05, 4.69) is 13.8 Å². The molecule has 22 heavy (non-hydrogen) atoms. The van der Waals surface area contributed by atoms with Crippen molar-refractivity contribution in [1.82, 2.24) is 0 Å². The van der Waals surface area contributed by atoms with Gasteiger partial charge in [0.2, 0.25) is 0 Å². The van der Waals surface area contributed by atoms with Gasteiger partial charge in [0.25, 0.3) is 0 Å². The maximum Gasteiger partial charge on any atom is 0.309 e. The second-order valence-electron chi connectivity index (χ2n) is 7.65. The molecule has 0 aromatic rings. The van der Waals surface area contributed by atoms with E-state index in [1.54, 1.807) is 0 Å². The van der Waals surface area contributed by atoms with Crippen LogP contribution in [0.3, 0.4) is 0 Å². The Labute approximate surface area is 133 Å². The number of carbonyl (C=O) groups is 2. The van der Waals surface area contributed by atoms with Gasteiger partial charge in [0.05, 0.1) is 11.8 Å². The van der Waals surface area contributed by atoms with Crippen LogP contribution < -0.4 is 0 Å². The quantitative estimate of drug-likeness (QED) is 0.774. The minimum atomic E-state index is -0.727. The van der Waals surface area contributed by atoms with Crippen LogP contribution in [0.5, 0.6) is 0 Å². The second-order valence-corrected chi connectivity index (χ2v) is 7.65. The van der Waals surface area contributed by atoms with E-state index in [0.717, 1.165) is 32.1 Å². The van der Waals surface area contributed by atoms with Gasteiger partial charge >= 0.3 is 11.9 Å². The van der Waals surface area contributed by atoms with Gasteiger partial charge in [0.1, 0.15) is 5.60 Å². The van der Waals surface area contributed by atoms with Gasteiger partial charge in [-0.25, -0.2) is 0 Å². The van der Waals surface area contributed by atoms with Gasteiger partial charge in [0.15, 0.2) is 0 Å². The lowest BCUT2D eigenvalue weighted by atomic mass is 9.78. The van der Waals surface area contributed by atoms with E-state index in [4.69, 9.17) is 9.84 Å². The smallest absolute Gasteiger partial charge is 0.309 e. The lowest BCUT2D eigenvalue weighted by molar-refractivity contribution is -0.172. The first-order valence-electron chi connectivity index (χ1n) is 8.87. The van der Waals surface area contributed by atoms with E-state index in [-0.39, 0.29) is 23.4 Å². The monoisotopic (exact) mass is 310 g/mol. The molecule has 2 fully saturated rings. The molecule has 126 valence electrons. The number of aliphatic carboxylic acids is 1. The van der Waals surface area contributed by atoms with E-state index < -0.39 is 5.97 Å². The number of rotatable bonds is 5.